The maximum atomic E-state index is 12.7. The normalized spacial score (nSPS) is 18.4. The molecular formula is C14H16N4O3. The van der Waals surface area contributed by atoms with E-state index in [2.05, 4.69) is 10.1 Å². The van der Waals surface area contributed by atoms with Crippen molar-refractivity contribution >= 4 is 22.9 Å². The SMILES string of the molecule is Cc1cc(C(=O)N2CCCC2C(=O)O)c2cnn(C)c2n1. The molecule has 1 aliphatic rings. The van der Waals surface area contributed by atoms with Gasteiger partial charge in [0.05, 0.1) is 17.1 Å². The van der Waals surface area contributed by atoms with Crippen molar-refractivity contribution in [3.8, 4) is 0 Å². The summed E-state index contributed by atoms with van der Waals surface area (Å²) in [7, 11) is 1.76. The van der Waals surface area contributed by atoms with Crippen LogP contribution in [0.2, 0.25) is 0 Å². The summed E-state index contributed by atoms with van der Waals surface area (Å²) in [6.45, 7) is 2.28. The van der Waals surface area contributed by atoms with Gasteiger partial charge < -0.3 is 10.0 Å². The molecular weight excluding hydrogens is 272 g/mol. The van der Waals surface area contributed by atoms with Crippen LogP contribution in [0.25, 0.3) is 11.0 Å². The summed E-state index contributed by atoms with van der Waals surface area (Å²) in [6, 6.07) is 0.960. The van der Waals surface area contributed by atoms with Gasteiger partial charge in [0.15, 0.2) is 5.65 Å². The van der Waals surface area contributed by atoms with E-state index in [1.165, 1.54) is 4.90 Å². The molecule has 0 radical (unpaired) electrons. The molecule has 1 aliphatic heterocycles. The molecule has 1 unspecified atom stereocenters. The first-order chi connectivity index (χ1) is 9.99. The summed E-state index contributed by atoms with van der Waals surface area (Å²) in [6.07, 6.45) is 2.81. The zero-order valence-electron chi connectivity index (χ0n) is 11.9. The number of aliphatic carboxylic acids is 1. The van der Waals surface area contributed by atoms with E-state index >= 15 is 0 Å². The molecule has 3 rings (SSSR count). The minimum absolute atomic E-state index is 0.261. The molecule has 0 spiro atoms. The number of carboxylic acids is 1. The van der Waals surface area contributed by atoms with Crippen molar-refractivity contribution < 1.29 is 14.7 Å². The summed E-state index contributed by atoms with van der Waals surface area (Å²) >= 11 is 0. The minimum atomic E-state index is -0.950. The van der Waals surface area contributed by atoms with Crippen molar-refractivity contribution in [2.45, 2.75) is 25.8 Å². The molecule has 2 aromatic rings. The second-order valence-corrected chi connectivity index (χ2v) is 5.31. The van der Waals surface area contributed by atoms with E-state index in [9.17, 15) is 14.7 Å². The summed E-state index contributed by atoms with van der Waals surface area (Å²) in [5.41, 5.74) is 1.81. The minimum Gasteiger partial charge on any atom is -0.480 e. The average Bonchev–Trinajstić information content (AvgIpc) is 3.05. The molecule has 21 heavy (non-hydrogen) atoms. The molecule has 7 nitrogen and oxygen atoms in total. The Bertz CT molecular complexity index is 737. The highest BCUT2D eigenvalue weighted by Gasteiger charge is 2.35. The number of pyridine rings is 1. The molecule has 0 bridgehead atoms. The largest absolute Gasteiger partial charge is 0.480 e. The Hall–Kier alpha value is -2.44. The van der Waals surface area contributed by atoms with Crippen LogP contribution in [0.15, 0.2) is 12.3 Å². The molecule has 0 saturated carbocycles. The Balaban J connectivity index is 2.07. The van der Waals surface area contributed by atoms with Gasteiger partial charge in [-0.05, 0) is 25.8 Å². The van der Waals surface area contributed by atoms with Gasteiger partial charge in [-0.15, -0.1) is 0 Å². The van der Waals surface area contributed by atoms with E-state index in [1.54, 1.807) is 24.0 Å². The van der Waals surface area contributed by atoms with Crippen LogP contribution >= 0.6 is 0 Å². The first kappa shape index (κ1) is 13.5. The lowest BCUT2D eigenvalue weighted by molar-refractivity contribution is -0.141. The first-order valence-corrected chi connectivity index (χ1v) is 6.82. The summed E-state index contributed by atoms with van der Waals surface area (Å²) in [4.78, 5) is 29.8. The molecule has 0 aliphatic carbocycles. The molecule has 1 N–H and O–H groups in total. The highest BCUT2D eigenvalue weighted by molar-refractivity contribution is 6.06. The van der Waals surface area contributed by atoms with Crippen molar-refractivity contribution in [1.82, 2.24) is 19.7 Å². The topological polar surface area (TPSA) is 88.3 Å². The molecule has 0 aromatic carbocycles. The van der Waals surface area contributed by atoms with Crippen LogP contribution in [0.3, 0.4) is 0 Å². The monoisotopic (exact) mass is 288 g/mol. The van der Waals surface area contributed by atoms with E-state index < -0.39 is 12.0 Å². The highest BCUT2D eigenvalue weighted by atomic mass is 16.4. The third-order valence-corrected chi connectivity index (χ3v) is 3.86. The number of amides is 1. The number of nitrogens with zero attached hydrogens (tertiary/aromatic N) is 4. The molecule has 110 valence electrons. The van der Waals surface area contributed by atoms with Gasteiger partial charge in [0, 0.05) is 19.3 Å². The number of aromatic nitrogens is 3. The summed E-state index contributed by atoms with van der Waals surface area (Å²) in [5, 5.41) is 14.0. The van der Waals surface area contributed by atoms with E-state index in [1.807, 2.05) is 6.92 Å². The lowest BCUT2D eigenvalue weighted by atomic mass is 10.1. The molecule has 2 aromatic heterocycles. The molecule has 1 amide bonds. The number of carbonyl (C=O) groups excluding carboxylic acids is 1. The Morgan fingerprint density at radius 2 is 2.19 bits per heavy atom. The second-order valence-electron chi connectivity index (χ2n) is 5.31. The Kier molecular flexibility index (Phi) is 3.12. The van der Waals surface area contributed by atoms with Crippen molar-refractivity contribution in [3.05, 3.63) is 23.5 Å². The van der Waals surface area contributed by atoms with Crippen molar-refractivity contribution in [1.29, 1.82) is 0 Å². The van der Waals surface area contributed by atoms with Gasteiger partial charge in [0.1, 0.15) is 6.04 Å². The third kappa shape index (κ3) is 2.14. The predicted octanol–water partition coefficient (Wildman–Crippen LogP) is 0.966. The number of carboxylic acid groups (broad SMARTS) is 1. The van der Waals surface area contributed by atoms with E-state index in [0.29, 0.717) is 41.7 Å². The number of hydrogen-bond acceptors (Lipinski definition) is 4. The Morgan fingerprint density at radius 3 is 2.90 bits per heavy atom. The van der Waals surface area contributed by atoms with Gasteiger partial charge in [0.2, 0.25) is 0 Å². The number of rotatable bonds is 2. The fraction of sp³-hybridized carbons (Fsp3) is 0.429. The maximum Gasteiger partial charge on any atom is 0.326 e. The van der Waals surface area contributed by atoms with E-state index in [0.717, 1.165) is 0 Å². The van der Waals surface area contributed by atoms with E-state index in [4.69, 9.17) is 0 Å². The van der Waals surface area contributed by atoms with Crippen LogP contribution in [0.5, 0.6) is 0 Å². The van der Waals surface area contributed by atoms with Crippen LogP contribution in [-0.2, 0) is 11.8 Å². The highest BCUT2D eigenvalue weighted by Crippen LogP contribution is 2.24. The molecule has 3 heterocycles. The lowest BCUT2D eigenvalue weighted by Gasteiger charge is -2.21. The van der Waals surface area contributed by atoms with Gasteiger partial charge in [-0.25, -0.2) is 9.78 Å². The third-order valence-electron chi connectivity index (χ3n) is 3.86. The number of aryl methyl sites for hydroxylation is 2. The number of fused-ring (bicyclic) bond motifs is 1. The Morgan fingerprint density at radius 1 is 1.43 bits per heavy atom. The smallest absolute Gasteiger partial charge is 0.326 e. The van der Waals surface area contributed by atoms with Crippen molar-refractivity contribution in [2.24, 2.45) is 7.05 Å². The van der Waals surface area contributed by atoms with Crippen molar-refractivity contribution in [3.63, 3.8) is 0 Å². The van der Waals surface area contributed by atoms with Gasteiger partial charge in [0.25, 0.3) is 5.91 Å². The average molecular weight is 288 g/mol. The maximum absolute atomic E-state index is 12.7. The van der Waals surface area contributed by atoms with Gasteiger partial charge in [-0.1, -0.05) is 0 Å². The predicted molar refractivity (Wildman–Crippen MR) is 74.9 cm³/mol. The molecule has 7 heteroatoms. The van der Waals surface area contributed by atoms with Crippen LogP contribution < -0.4 is 0 Å². The molecule has 1 fully saturated rings. The van der Waals surface area contributed by atoms with Gasteiger partial charge >= 0.3 is 5.97 Å². The van der Waals surface area contributed by atoms with Crippen molar-refractivity contribution in [2.75, 3.05) is 6.54 Å². The van der Waals surface area contributed by atoms with Gasteiger partial charge in [-0.2, -0.15) is 5.10 Å². The second kappa shape index (κ2) is 4.83. The Labute approximate surface area is 121 Å². The number of carbonyl (C=O) groups is 2. The van der Waals surface area contributed by atoms with Crippen LogP contribution in [-0.4, -0.2) is 49.2 Å². The fourth-order valence-electron chi connectivity index (χ4n) is 2.84. The van der Waals surface area contributed by atoms with Crippen LogP contribution in [0.1, 0.15) is 28.9 Å². The standard InChI is InChI=1S/C14H16N4O3/c1-8-6-9(10-7-15-17(2)12(10)16-8)13(19)18-5-3-4-11(18)14(20)21/h6-7,11H,3-5H2,1-2H3,(H,20,21). The molecule has 1 atom stereocenters. The van der Waals surface area contributed by atoms with Crippen LogP contribution in [0, 0.1) is 6.92 Å². The lowest BCUT2D eigenvalue weighted by Crippen LogP contribution is -2.40. The van der Waals surface area contributed by atoms with E-state index in [-0.39, 0.29) is 5.91 Å². The number of likely N-dealkylation sites (tertiary alicyclic amines) is 1. The fourth-order valence-corrected chi connectivity index (χ4v) is 2.84. The number of hydrogen-bond donors (Lipinski definition) is 1. The molecule has 1 saturated heterocycles. The summed E-state index contributed by atoms with van der Waals surface area (Å²) in [5.74, 6) is -1.21. The quantitative estimate of drug-likeness (QED) is 0.889. The zero-order valence-corrected chi connectivity index (χ0v) is 11.9. The van der Waals surface area contributed by atoms with Crippen LogP contribution in [0.4, 0.5) is 0 Å². The first-order valence-electron chi connectivity index (χ1n) is 6.82. The summed E-state index contributed by atoms with van der Waals surface area (Å²) < 4.78 is 1.61. The van der Waals surface area contributed by atoms with Gasteiger partial charge in [-0.3, -0.25) is 9.48 Å². The zero-order chi connectivity index (χ0) is 15.1.